The van der Waals surface area contributed by atoms with Crippen LogP contribution in [0.3, 0.4) is 0 Å². The number of pyridine rings is 1. The van der Waals surface area contributed by atoms with Crippen LogP contribution < -0.4 is 5.32 Å². The Morgan fingerprint density at radius 1 is 1.00 bits per heavy atom. The van der Waals surface area contributed by atoms with Gasteiger partial charge in [0, 0.05) is 34.6 Å². The summed E-state index contributed by atoms with van der Waals surface area (Å²) in [7, 11) is 0. The zero-order valence-electron chi connectivity index (χ0n) is 11.1. The molecule has 0 saturated carbocycles. The Balaban J connectivity index is 2.06. The summed E-state index contributed by atoms with van der Waals surface area (Å²) < 4.78 is 0. The van der Waals surface area contributed by atoms with Crippen molar-refractivity contribution in [1.29, 1.82) is 0 Å². The fraction of sp³-hybridized carbons (Fsp3) is 0.0588. The van der Waals surface area contributed by atoms with Gasteiger partial charge in [-0.15, -0.1) is 0 Å². The van der Waals surface area contributed by atoms with Crippen molar-refractivity contribution in [3.8, 4) is 0 Å². The third-order valence-electron chi connectivity index (χ3n) is 3.96. The first-order valence-corrected chi connectivity index (χ1v) is 6.68. The molecule has 0 radical (unpaired) electrons. The maximum atomic E-state index is 12.4. The van der Waals surface area contributed by atoms with E-state index in [4.69, 9.17) is 0 Å². The molecule has 1 aliphatic heterocycles. The highest BCUT2D eigenvalue weighted by atomic mass is 16.3. The van der Waals surface area contributed by atoms with Gasteiger partial charge in [-0.1, -0.05) is 36.4 Å². The van der Waals surface area contributed by atoms with Crippen molar-refractivity contribution in [3.63, 3.8) is 0 Å². The van der Waals surface area contributed by atoms with Crippen molar-refractivity contribution < 1.29 is 9.90 Å². The smallest absolute Gasteiger partial charge is 0.265 e. The average molecular weight is 276 g/mol. The van der Waals surface area contributed by atoms with Crippen molar-refractivity contribution in [2.75, 3.05) is 5.32 Å². The molecule has 1 aliphatic rings. The summed E-state index contributed by atoms with van der Waals surface area (Å²) >= 11 is 0. The van der Waals surface area contributed by atoms with Crippen LogP contribution in [-0.4, -0.2) is 16.0 Å². The highest BCUT2D eigenvalue weighted by molar-refractivity contribution is 6.09. The van der Waals surface area contributed by atoms with Gasteiger partial charge in [-0.2, -0.15) is 0 Å². The van der Waals surface area contributed by atoms with Gasteiger partial charge in [-0.25, -0.2) is 0 Å². The molecular weight excluding hydrogens is 264 g/mol. The Hall–Kier alpha value is -2.72. The molecule has 2 heterocycles. The van der Waals surface area contributed by atoms with Crippen molar-refractivity contribution >= 4 is 22.4 Å². The quantitative estimate of drug-likeness (QED) is 0.717. The lowest BCUT2D eigenvalue weighted by Gasteiger charge is -2.23. The molecule has 21 heavy (non-hydrogen) atoms. The third kappa shape index (κ3) is 1.53. The maximum Gasteiger partial charge on any atom is 0.265 e. The van der Waals surface area contributed by atoms with E-state index in [1.165, 1.54) is 0 Å². The SMILES string of the molecule is O=C1Nc2ccccc2C1(O)c1cccc2cnccc12. The third-order valence-corrected chi connectivity index (χ3v) is 3.96. The normalized spacial score (nSPS) is 20.3. The molecule has 2 aromatic carbocycles. The second-order valence-corrected chi connectivity index (χ2v) is 5.11. The van der Waals surface area contributed by atoms with Crippen LogP contribution in [0.15, 0.2) is 60.9 Å². The van der Waals surface area contributed by atoms with Gasteiger partial charge in [0.1, 0.15) is 0 Å². The Bertz CT molecular complexity index is 870. The Morgan fingerprint density at radius 2 is 1.81 bits per heavy atom. The molecule has 102 valence electrons. The zero-order chi connectivity index (χ0) is 14.4. The topological polar surface area (TPSA) is 62.2 Å². The fourth-order valence-corrected chi connectivity index (χ4v) is 2.95. The van der Waals surface area contributed by atoms with Crippen LogP contribution in [0.5, 0.6) is 0 Å². The molecule has 4 heteroatoms. The molecule has 3 aromatic rings. The number of carbonyl (C=O) groups is 1. The van der Waals surface area contributed by atoms with Crippen LogP contribution >= 0.6 is 0 Å². The second-order valence-electron chi connectivity index (χ2n) is 5.11. The summed E-state index contributed by atoms with van der Waals surface area (Å²) in [6.45, 7) is 0. The maximum absolute atomic E-state index is 12.4. The minimum atomic E-state index is -1.67. The van der Waals surface area contributed by atoms with Gasteiger partial charge in [0.05, 0.1) is 0 Å². The van der Waals surface area contributed by atoms with Gasteiger partial charge >= 0.3 is 0 Å². The molecular formula is C17H12N2O2. The zero-order valence-corrected chi connectivity index (χ0v) is 11.1. The number of aromatic nitrogens is 1. The predicted molar refractivity (Wildman–Crippen MR) is 79.8 cm³/mol. The molecule has 2 N–H and O–H groups in total. The van der Waals surface area contributed by atoms with Crippen LogP contribution in [0.2, 0.25) is 0 Å². The van der Waals surface area contributed by atoms with Crippen LogP contribution in [0, 0.1) is 0 Å². The highest BCUT2D eigenvalue weighted by Crippen LogP contribution is 2.42. The number of nitrogens with one attached hydrogen (secondary N) is 1. The van der Waals surface area contributed by atoms with E-state index >= 15 is 0 Å². The van der Waals surface area contributed by atoms with Gasteiger partial charge in [0.25, 0.3) is 5.91 Å². The lowest BCUT2D eigenvalue weighted by atomic mass is 9.85. The van der Waals surface area contributed by atoms with Crippen LogP contribution in [0.25, 0.3) is 10.8 Å². The minimum Gasteiger partial charge on any atom is -0.372 e. The molecule has 4 rings (SSSR count). The summed E-state index contributed by atoms with van der Waals surface area (Å²) in [6.07, 6.45) is 3.38. The number of benzene rings is 2. The van der Waals surface area contributed by atoms with E-state index in [-0.39, 0.29) is 0 Å². The summed E-state index contributed by atoms with van der Waals surface area (Å²) in [4.78, 5) is 16.5. The van der Waals surface area contributed by atoms with Gasteiger partial charge < -0.3 is 10.4 Å². The van der Waals surface area contributed by atoms with E-state index in [9.17, 15) is 9.90 Å². The van der Waals surface area contributed by atoms with Gasteiger partial charge in [-0.05, 0) is 17.5 Å². The Kier molecular flexibility index (Phi) is 2.37. The predicted octanol–water partition coefficient (Wildman–Crippen LogP) is 2.42. The summed E-state index contributed by atoms with van der Waals surface area (Å²) in [5, 5.41) is 15.6. The van der Waals surface area contributed by atoms with E-state index in [1.54, 1.807) is 30.6 Å². The van der Waals surface area contributed by atoms with E-state index in [1.807, 2.05) is 30.3 Å². The number of nitrogens with zero attached hydrogens (tertiary/aromatic N) is 1. The summed E-state index contributed by atoms with van der Waals surface area (Å²) in [5.74, 6) is -0.423. The van der Waals surface area contributed by atoms with Crippen LogP contribution in [0.1, 0.15) is 11.1 Å². The average Bonchev–Trinajstić information content (AvgIpc) is 2.79. The van der Waals surface area contributed by atoms with Gasteiger partial charge in [0.2, 0.25) is 0 Å². The molecule has 0 aliphatic carbocycles. The first kappa shape index (κ1) is 12.1. The fourth-order valence-electron chi connectivity index (χ4n) is 2.95. The van der Waals surface area contributed by atoms with Crippen molar-refractivity contribution in [2.45, 2.75) is 5.60 Å². The molecule has 1 aromatic heterocycles. The molecule has 0 fully saturated rings. The number of fused-ring (bicyclic) bond motifs is 2. The number of rotatable bonds is 1. The standard InChI is InChI=1S/C17H12N2O2/c20-16-17(21,14-5-1-2-7-15(14)19-16)13-6-3-4-11-10-18-9-8-12(11)13/h1-10,21H,(H,19,20). The summed E-state index contributed by atoms with van der Waals surface area (Å²) in [6, 6.07) is 14.5. The van der Waals surface area contributed by atoms with Gasteiger partial charge in [-0.3, -0.25) is 9.78 Å². The number of aliphatic hydroxyl groups is 1. The molecule has 1 amide bonds. The van der Waals surface area contributed by atoms with E-state index < -0.39 is 11.5 Å². The molecule has 0 bridgehead atoms. The summed E-state index contributed by atoms with van der Waals surface area (Å²) in [5.41, 5.74) is 0.137. The molecule has 0 saturated heterocycles. The first-order valence-electron chi connectivity index (χ1n) is 6.68. The second kappa shape index (κ2) is 4.14. The number of anilines is 1. The number of hydrogen-bond acceptors (Lipinski definition) is 3. The lowest BCUT2D eigenvalue weighted by molar-refractivity contribution is -0.129. The Morgan fingerprint density at radius 3 is 2.71 bits per heavy atom. The highest BCUT2D eigenvalue weighted by Gasteiger charge is 2.47. The number of para-hydroxylation sites is 1. The lowest BCUT2D eigenvalue weighted by Crippen LogP contribution is -2.35. The number of amides is 1. The number of carbonyl (C=O) groups excluding carboxylic acids is 1. The first-order chi connectivity index (χ1) is 10.2. The Labute approximate surface area is 121 Å². The molecule has 0 spiro atoms. The van der Waals surface area contributed by atoms with E-state index in [2.05, 4.69) is 10.3 Å². The van der Waals surface area contributed by atoms with E-state index in [0.717, 1.165) is 10.8 Å². The monoisotopic (exact) mass is 276 g/mol. The van der Waals surface area contributed by atoms with Crippen molar-refractivity contribution in [3.05, 3.63) is 72.1 Å². The van der Waals surface area contributed by atoms with E-state index in [0.29, 0.717) is 16.8 Å². The van der Waals surface area contributed by atoms with Crippen LogP contribution in [0.4, 0.5) is 5.69 Å². The molecule has 4 nitrogen and oxygen atoms in total. The largest absolute Gasteiger partial charge is 0.372 e. The molecule has 1 atom stereocenters. The van der Waals surface area contributed by atoms with Gasteiger partial charge in [0.15, 0.2) is 5.60 Å². The van der Waals surface area contributed by atoms with Crippen molar-refractivity contribution in [2.24, 2.45) is 0 Å². The number of hydrogen-bond donors (Lipinski definition) is 2. The minimum absolute atomic E-state index is 0.423. The van der Waals surface area contributed by atoms with Crippen LogP contribution in [-0.2, 0) is 10.4 Å². The van der Waals surface area contributed by atoms with Crippen molar-refractivity contribution in [1.82, 2.24) is 4.98 Å². The molecule has 1 unspecified atom stereocenters.